The molecule has 0 aliphatic heterocycles. The Hall–Kier alpha value is -2.40. The maximum atomic E-state index is 12.6. The van der Waals surface area contributed by atoms with Gasteiger partial charge in [-0.2, -0.15) is 0 Å². The molecule has 1 aromatic heterocycles. The zero-order valence-electron chi connectivity index (χ0n) is 14.4. The average Bonchev–Trinajstić information content (AvgIpc) is 2.67. The van der Waals surface area contributed by atoms with Crippen molar-refractivity contribution in [2.24, 2.45) is 11.7 Å². The summed E-state index contributed by atoms with van der Waals surface area (Å²) >= 11 is 0. The monoisotopic (exact) mass is 339 g/mol. The number of nitrogens with two attached hydrogens (primary N) is 1. The van der Waals surface area contributed by atoms with Gasteiger partial charge in [-0.25, -0.2) is 0 Å². The first-order chi connectivity index (χ1) is 12.3. The molecule has 1 atom stereocenters. The van der Waals surface area contributed by atoms with Gasteiger partial charge < -0.3 is 15.8 Å². The van der Waals surface area contributed by atoms with Crippen LogP contribution in [0.2, 0.25) is 0 Å². The molecule has 1 aliphatic carbocycles. The van der Waals surface area contributed by atoms with Gasteiger partial charge >= 0.3 is 0 Å². The lowest BCUT2D eigenvalue weighted by Crippen LogP contribution is -2.45. The van der Waals surface area contributed by atoms with Crippen LogP contribution in [-0.2, 0) is 0 Å². The molecule has 1 aliphatic rings. The van der Waals surface area contributed by atoms with E-state index in [1.165, 1.54) is 19.3 Å². The van der Waals surface area contributed by atoms with Gasteiger partial charge in [0.25, 0.3) is 5.91 Å². The van der Waals surface area contributed by atoms with Crippen LogP contribution in [0.4, 0.5) is 0 Å². The van der Waals surface area contributed by atoms with E-state index >= 15 is 0 Å². The highest BCUT2D eigenvalue weighted by Crippen LogP contribution is 2.26. The maximum absolute atomic E-state index is 12.6. The zero-order valence-corrected chi connectivity index (χ0v) is 14.4. The molecule has 1 fully saturated rings. The predicted octanol–water partition coefficient (Wildman–Crippen LogP) is 3.51. The summed E-state index contributed by atoms with van der Waals surface area (Å²) in [6, 6.07) is 10.8. The second-order valence-corrected chi connectivity index (χ2v) is 6.53. The molecule has 132 valence electrons. The minimum atomic E-state index is -0.0961. The Morgan fingerprint density at radius 1 is 1.16 bits per heavy atom. The summed E-state index contributed by atoms with van der Waals surface area (Å²) < 4.78 is 5.77. The van der Waals surface area contributed by atoms with Crippen LogP contribution < -0.4 is 15.8 Å². The van der Waals surface area contributed by atoms with E-state index < -0.39 is 0 Å². The number of hydrogen-bond donors (Lipinski definition) is 2. The third kappa shape index (κ3) is 4.79. The van der Waals surface area contributed by atoms with Crippen LogP contribution in [-0.4, -0.2) is 23.5 Å². The lowest BCUT2D eigenvalue weighted by Gasteiger charge is -2.30. The van der Waals surface area contributed by atoms with Crippen molar-refractivity contribution in [3.8, 4) is 11.5 Å². The van der Waals surface area contributed by atoms with Crippen molar-refractivity contribution >= 4 is 5.91 Å². The minimum absolute atomic E-state index is 0.0394. The molecule has 3 N–H and O–H groups in total. The van der Waals surface area contributed by atoms with Crippen molar-refractivity contribution in [3.63, 3.8) is 0 Å². The van der Waals surface area contributed by atoms with Gasteiger partial charge in [-0.3, -0.25) is 9.78 Å². The fourth-order valence-corrected chi connectivity index (χ4v) is 3.40. The number of carbonyl (C=O) groups is 1. The first-order valence-corrected chi connectivity index (χ1v) is 8.95. The van der Waals surface area contributed by atoms with Gasteiger partial charge in [0.15, 0.2) is 0 Å². The van der Waals surface area contributed by atoms with Crippen LogP contribution in [0.15, 0.2) is 48.8 Å². The highest BCUT2D eigenvalue weighted by molar-refractivity contribution is 5.94. The van der Waals surface area contributed by atoms with Crippen molar-refractivity contribution < 1.29 is 9.53 Å². The molecule has 0 spiro atoms. The van der Waals surface area contributed by atoms with Crippen molar-refractivity contribution in [2.75, 3.05) is 6.54 Å². The normalized spacial score (nSPS) is 16.2. The van der Waals surface area contributed by atoms with Crippen LogP contribution in [0.1, 0.15) is 42.5 Å². The Morgan fingerprint density at radius 2 is 1.92 bits per heavy atom. The first-order valence-electron chi connectivity index (χ1n) is 8.95. The van der Waals surface area contributed by atoms with E-state index in [1.54, 1.807) is 36.7 Å². The molecule has 2 aromatic rings. The van der Waals surface area contributed by atoms with Gasteiger partial charge in [-0.05, 0) is 49.1 Å². The van der Waals surface area contributed by atoms with E-state index in [0.717, 1.165) is 12.8 Å². The lowest BCUT2D eigenvalue weighted by atomic mass is 9.84. The standard InChI is InChI=1S/C20H25N3O2/c21-14-19(15-5-2-1-3-6-15)23-20(24)16-7-4-8-18(13-16)25-17-9-11-22-12-10-17/h4,7-13,15,19H,1-3,5-6,14,21H2,(H,23,24). The van der Waals surface area contributed by atoms with Gasteiger partial charge in [0.2, 0.25) is 0 Å². The number of nitrogens with one attached hydrogen (secondary N) is 1. The van der Waals surface area contributed by atoms with Gasteiger partial charge in [-0.1, -0.05) is 25.3 Å². The summed E-state index contributed by atoms with van der Waals surface area (Å²) in [6.45, 7) is 0.476. The molecule has 1 saturated carbocycles. The topological polar surface area (TPSA) is 77.2 Å². The van der Waals surface area contributed by atoms with Gasteiger partial charge in [-0.15, -0.1) is 0 Å². The van der Waals surface area contributed by atoms with Gasteiger partial charge in [0, 0.05) is 30.5 Å². The summed E-state index contributed by atoms with van der Waals surface area (Å²) in [5.41, 5.74) is 6.50. The van der Waals surface area contributed by atoms with E-state index in [0.29, 0.717) is 29.5 Å². The Labute approximate surface area is 148 Å². The third-order valence-corrected chi connectivity index (χ3v) is 4.77. The lowest BCUT2D eigenvalue weighted by molar-refractivity contribution is 0.0915. The second kappa shape index (κ2) is 8.62. The number of pyridine rings is 1. The molecule has 0 saturated heterocycles. The van der Waals surface area contributed by atoms with Crippen molar-refractivity contribution in [3.05, 3.63) is 54.4 Å². The zero-order chi connectivity index (χ0) is 17.5. The average molecular weight is 339 g/mol. The van der Waals surface area contributed by atoms with E-state index in [-0.39, 0.29) is 11.9 Å². The Balaban J connectivity index is 1.66. The molecule has 5 nitrogen and oxygen atoms in total. The molecule has 5 heteroatoms. The van der Waals surface area contributed by atoms with E-state index in [1.807, 2.05) is 12.1 Å². The Bertz CT molecular complexity index is 684. The predicted molar refractivity (Wildman–Crippen MR) is 97.6 cm³/mol. The minimum Gasteiger partial charge on any atom is -0.457 e. The summed E-state index contributed by atoms with van der Waals surface area (Å²) in [7, 11) is 0. The highest BCUT2D eigenvalue weighted by atomic mass is 16.5. The molecule has 0 bridgehead atoms. The largest absolute Gasteiger partial charge is 0.457 e. The van der Waals surface area contributed by atoms with Crippen molar-refractivity contribution in [1.29, 1.82) is 0 Å². The quantitative estimate of drug-likeness (QED) is 0.844. The van der Waals surface area contributed by atoms with E-state index in [2.05, 4.69) is 10.3 Å². The third-order valence-electron chi connectivity index (χ3n) is 4.77. The number of amides is 1. The number of rotatable bonds is 6. The molecule has 1 heterocycles. The second-order valence-electron chi connectivity index (χ2n) is 6.53. The summed E-state index contributed by atoms with van der Waals surface area (Å²) in [5, 5.41) is 3.11. The summed E-state index contributed by atoms with van der Waals surface area (Å²) in [6.07, 6.45) is 9.37. The smallest absolute Gasteiger partial charge is 0.251 e. The van der Waals surface area contributed by atoms with Gasteiger partial charge in [0.1, 0.15) is 11.5 Å². The number of aromatic nitrogens is 1. The number of carbonyl (C=O) groups excluding carboxylic acids is 1. The van der Waals surface area contributed by atoms with Crippen molar-refractivity contribution in [1.82, 2.24) is 10.3 Å². The molecule has 3 rings (SSSR count). The summed E-state index contributed by atoms with van der Waals surface area (Å²) in [4.78, 5) is 16.6. The van der Waals surface area contributed by atoms with E-state index in [9.17, 15) is 4.79 Å². The number of benzene rings is 1. The number of ether oxygens (including phenoxy) is 1. The Kier molecular flexibility index (Phi) is 6.01. The molecule has 1 aromatic carbocycles. The molecular formula is C20H25N3O2. The maximum Gasteiger partial charge on any atom is 0.251 e. The number of hydrogen-bond acceptors (Lipinski definition) is 4. The van der Waals surface area contributed by atoms with Crippen molar-refractivity contribution in [2.45, 2.75) is 38.1 Å². The number of nitrogens with zero attached hydrogens (tertiary/aromatic N) is 1. The molecular weight excluding hydrogens is 314 g/mol. The van der Waals surface area contributed by atoms with E-state index in [4.69, 9.17) is 10.5 Å². The Morgan fingerprint density at radius 3 is 2.64 bits per heavy atom. The highest BCUT2D eigenvalue weighted by Gasteiger charge is 2.24. The van der Waals surface area contributed by atoms with Crippen LogP contribution in [0.5, 0.6) is 11.5 Å². The molecule has 1 unspecified atom stereocenters. The van der Waals surface area contributed by atoms with Crippen LogP contribution in [0.3, 0.4) is 0 Å². The van der Waals surface area contributed by atoms with Crippen LogP contribution in [0.25, 0.3) is 0 Å². The fraction of sp³-hybridized carbons (Fsp3) is 0.400. The fourth-order valence-electron chi connectivity index (χ4n) is 3.40. The van der Waals surface area contributed by atoms with Crippen LogP contribution >= 0.6 is 0 Å². The van der Waals surface area contributed by atoms with Crippen LogP contribution in [0, 0.1) is 5.92 Å². The summed E-state index contributed by atoms with van der Waals surface area (Å²) in [5.74, 6) is 1.70. The molecule has 0 radical (unpaired) electrons. The molecule has 25 heavy (non-hydrogen) atoms. The SMILES string of the molecule is NCC(NC(=O)c1cccc(Oc2ccncc2)c1)C1CCCCC1. The van der Waals surface area contributed by atoms with Gasteiger partial charge in [0.05, 0.1) is 0 Å². The first kappa shape index (κ1) is 17.4. The molecule has 1 amide bonds.